The van der Waals surface area contributed by atoms with E-state index >= 15 is 0 Å². The van der Waals surface area contributed by atoms with Crippen molar-refractivity contribution in [2.75, 3.05) is 7.11 Å². The molecule has 2 aromatic carbocycles. The van der Waals surface area contributed by atoms with Crippen molar-refractivity contribution in [2.45, 2.75) is 56.9 Å². The molecule has 5 nitrogen and oxygen atoms in total. The van der Waals surface area contributed by atoms with Gasteiger partial charge in [-0.2, -0.15) is 0 Å². The quantitative estimate of drug-likeness (QED) is 0.515. The number of carbonyl (C=O) groups is 2. The van der Waals surface area contributed by atoms with E-state index in [1.54, 1.807) is 0 Å². The first-order valence-corrected chi connectivity index (χ1v) is 13.6. The van der Waals surface area contributed by atoms with E-state index in [1.165, 1.54) is 24.4 Å². The zero-order valence-electron chi connectivity index (χ0n) is 19.1. The van der Waals surface area contributed by atoms with Crippen molar-refractivity contribution in [1.82, 2.24) is 0 Å². The van der Waals surface area contributed by atoms with Crippen molar-refractivity contribution >= 4 is 30.4 Å². The lowest BCUT2D eigenvalue weighted by Gasteiger charge is -2.58. The summed E-state index contributed by atoms with van der Waals surface area (Å²) >= 11 is 0. The van der Waals surface area contributed by atoms with Gasteiger partial charge < -0.3 is 14.2 Å². The van der Waals surface area contributed by atoms with Crippen LogP contribution in [0, 0.1) is 0 Å². The largest absolute Gasteiger partial charge is 0.465 e. The van der Waals surface area contributed by atoms with Crippen LogP contribution in [0.4, 0.5) is 0 Å². The highest BCUT2D eigenvalue weighted by Gasteiger charge is 2.62. The monoisotopic (exact) mass is 450 g/mol. The van der Waals surface area contributed by atoms with Crippen molar-refractivity contribution < 1.29 is 23.8 Å². The predicted molar refractivity (Wildman–Crippen MR) is 125 cm³/mol. The van der Waals surface area contributed by atoms with Crippen molar-refractivity contribution in [3.05, 3.63) is 72.0 Å². The predicted octanol–water partition coefficient (Wildman–Crippen LogP) is 3.51. The summed E-state index contributed by atoms with van der Waals surface area (Å²) in [6.45, 7) is 5.63. The Hall–Kier alpha value is -2.70. The number of benzene rings is 2. The van der Waals surface area contributed by atoms with Crippen LogP contribution >= 0.6 is 0 Å². The molecule has 2 aliphatic rings. The first-order valence-electron chi connectivity index (χ1n) is 11.1. The summed E-state index contributed by atoms with van der Waals surface area (Å²) in [7, 11) is -1.21. The Morgan fingerprint density at radius 2 is 1.53 bits per heavy atom. The van der Waals surface area contributed by atoms with Crippen LogP contribution in [-0.2, 0) is 23.8 Å². The van der Waals surface area contributed by atoms with Crippen LogP contribution in [0.1, 0.15) is 39.5 Å². The summed E-state index contributed by atoms with van der Waals surface area (Å²) in [6.07, 6.45) is 2.76. The second-order valence-electron chi connectivity index (χ2n) is 9.10. The highest BCUT2D eigenvalue weighted by atomic mass is 28.3. The molecule has 2 bridgehead atoms. The van der Waals surface area contributed by atoms with Gasteiger partial charge in [-0.25, -0.2) is 4.79 Å². The normalized spacial score (nSPS) is 25.2. The van der Waals surface area contributed by atoms with Gasteiger partial charge in [0, 0.05) is 13.3 Å². The Morgan fingerprint density at radius 3 is 2.03 bits per heavy atom. The highest BCUT2D eigenvalue weighted by Crippen LogP contribution is 2.52. The zero-order chi connectivity index (χ0) is 23.0. The molecule has 2 atom stereocenters. The van der Waals surface area contributed by atoms with Crippen molar-refractivity contribution in [3.8, 4) is 0 Å². The maximum absolute atomic E-state index is 12.8. The van der Waals surface area contributed by atoms with Gasteiger partial charge in [-0.05, 0) is 26.2 Å². The molecule has 0 spiro atoms. The SMILES string of the molecule is COC(=O)C1=C(OC(C)=O)C[C@@]2([Si](C)(c3ccccc3)c3ccccc3)CCC[C@]1(C)O2. The third-order valence-corrected chi connectivity index (χ3v) is 12.5. The molecule has 2 aromatic rings. The smallest absolute Gasteiger partial charge is 0.340 e. The number of carbonyl (C=O) groups excluding carboxylic acids is 2. The summed E-state index contributed by atoms with van der Waals surface area (Å²) in [4.78, 5) is 24.9. The minimum Gasteiger partial charge on any atom is -0.465 e. The summed E-state index contributed by atoms with van der Waals surface area (Å²) in [6, 6.07) is 21.0. The molecule has 0 aromatic heterocycles. The van der Waals surface area contributed by atoms with E-state index < -0.39 is 30.8 Å². The molecule has 0 amide bonds. The van der Waals surface area contributed by atoms with Crippen molar-refractivity contribution in [1.29, 1.82) is 0 Å². The molecule has 0 radical (unpaired) electrons. The summed E-state index contributed by atoms with van der Waals surface area (Å²) in [5.74, 6) is -0.548. The van der Waals surface area contributed by atoms with Crippen LogP contribution in [-0.4, -0.2) is 37.9 Å². The van der Waals surface area contributed by atoms with Gasteiger partial charge in [0.2, 0.25) is 0 Å². The molecule has 32 heavy (non-hydrogen) atoms. The van der Waals surface area contributed by atoms with E-state index in [0.29, 0.717) is 24.2 Å². The molecule has 2 aliphatic heterocycles. The Morgan fingerprint density at radius 1 is 0.969 bits per heavy atom. The molecular formula is C26H30O5Si. The minimum absolute atomic E-state index is 0.336. The lowest BCUT2D eigenvalue weighted by molar-refractivity contribution is -0.164. The highest BCUT2D eigenvalue weighted by molar-refractivity contribution is 7.03. The topological polar surface area (TPSA) is 61.8 Å². The number of hydrogen-bond donors (Lipinski definition) is 0. The summed E-state index contributed by atoms with van der Waals surface area (Å²) in [5.41, 5.74) is -0.547. The van der Waals surface area contributed by atoms with E-state index in [0.717, 1.165) is 12.8 Å². The standard InChI is InChI=1S/C26H30O5Si/c1-19(27)30-22-18-26(17-11-16-25(2,31-26)23(22)24(28)29-3)32(4,20-12-7-5-8-13-20)21-14-9-6-10-15-21/h5-10,12-15H,11,16-18H2,1-4H3/t25-,26-/m0/s1. The van der Waals surface area contributed by atoms with Crippen LogP contribution in [0.3, 0.4) is 0 Å². The maximum atomic E-state index is 12.8. The number of esters is 2. The maximum Gasteiger partial charge on any atom is 0.340 e. The van der Waals surface area contributed by atoms with E-state index in [4.69, 9.17) is 14.2 Å². The lowest BCUT2D eigenvalue weighted by atomic mass is 9.80. The van der Waals surface area contributed by atoms with Gasteiger partial charge in [-0.1, -0.05) is 77.6 Å². The minimum atomic E-state index is -2.56. The number of ether oxygens (including phenoxy) is 3. The Labute approximate surface area is 190 Å². The van der Waals surface area contributed by atoms with Gasteiger partial charge in [0.1, 0.15) is 25.0 Å². The van der Waals surface area contributed by atoms with E-state index in [1.807, 2.05) is 19.1 Å². The fourth-order valence-corrected chi connectivity index (χ4v) is 10.4. The van der Waals surface area contributed by atoms with E-state index in [2.05, 4.69) is 55.1 Å². The van der Waals surface area contributed by atoms with Gasteiger partial charge in [0.15, 0.2) is 0 Å². The lowest BCUT2D eigenvalue weighted by Crippen LogP contribution is -2.76. The fourth-order valence-electron chi connectivity index (χ4n) is 5.64. The molecule has 1 fully saturated rings. The molecule has 168 valence electrons. The molecule has 1 saturated heterocycles. The summed E-state index contributed by atoms with van der Waals surface area (Å²) in [5, 5.41) is 1.92. The number of fused-ring (bicyclic) bond motifs is 2. The molecule has 2 heterocycles. The van der Waals surface area contributed by atoms with E-state index in [9.17, 15) is 9.59 Å². The molecule has 4 rings (SSSR count). The fraction of sp³-hybridized carbons (Fsp3) is 0.385. The van der Waals surface area contributed by atoms with Crippen LogP contribution in [0.5, 0.6) is 0 Å². The summed E-state index contributed by atoms with van der Waals surface area (Å²) < 4.78 is 17.8. The van der Waals surface area contributed by atoms with Gasteiger partial charge in [0.05, 0.1) is 12.3 Å². The first kappa shape index (κ1) is 22.5. The molecule has 0 saturated carbocycles. The average molecular weight is 451 g/mol. The third-order valence-electron chi connectivity index (χ3n) is 7.18. The van der Waals surface area contributed by atoms with Gasteiger partial charge in [-0.3, -0.25) is 4.79 Å². The Kier molecular flexibility index (Phi) is 5.86. The van der Waals surface area contributed by atoms with E-state index in [-0.39, 0.29) is 0 Å². The molecule has 0 unspecified atom stereocenters. The van der Waals surface area contributed by atoms with Gasteiger partial charge >= 0.3 is 11.9 Å². The van der Waals surface area contributed by atoms with Crippen LogP contribution < -0.4 is 10.4 Å². The zero-order valence-corrected chi connectivity index (χ0v) is 20.1. The van der Waals surface area contributed by atoms with Crippen molar-refractivity contribution in [3.63, 3.8) is 0 Å². The number of hydrogen-bond acceptors (Lipinski definition) is 5. The third kappa shape index (κ3) is 3.51. The average Bonchev–Trinajstić information content (AvgIpc) is 2.78. The second kappa shape index (κ2) is 8.33. The Bertz CT molecular complexity index is 1010. The first-order chi connectivity index (χ1) is 15.3. The molecule has 6 heteroatoms. The van der Waals surface area contributed by atoms with Gasteiger partial charge in [0.25, 0.3) is 0 Å². The number of methoxy groups -OCH3 is 1. The Balaban J connectivity index is 1.97. The number of rotatable bonds is 5. The molecule has 0 aliphatic carbocycles. The van der Waals surface area contributed by atoms with Crippen LogP contribution in [0.2, 0.25) is 6.55 Å². The molecular weight excluding hydrogens is 420 g/mol. The molecule has 0 N–H and O–H groups in total. The van der Waals surface area contributed by atoms with Crippen LogP contribution in [0.15, 0.2) is 72.0 Å². The second-order valence-corrected chi connectivity index (χ2v) is 13.4. The van der Waals surface area contributed by atoms with Crippen LogP contribution in [0.25, 0.3) is 0 Å². The van der Waals surface area contributed by atoms with Crippen molar-refractivity contribution in [2.24, 2.45) is 0 Å². The van der Waals surface area contributed by atoms with Gasteiger partial charge in [-0.15, -0.1) is 0 Å².